The van der Waals surface area contributed by atoms with Crippen LogP contribution in [-0.4, -0.2) is 18.6 Å². The number of nitrogens with zero attached hydrogens (tertiary/aromatic N) is 1. The Kier molecular flexibility index (Phi) is 4.14. The Morgan fingerprint density at radius 3 is 2.64 bits per heavy atom. The topological polar surface area (TPSA) is 29.5 Å². The largest absolute Gasteiger partial charge is 0.481 e. The Balaban J connectivity index is 1.76. The first kappa shape index (κ1) is 14.6. The highest BCUT2D eigenvalue weighted by Gasteiger charge is 2.30. The predicted molar refractivity (Wildman–Crippen MR) is 88.4 cm³/mol. The van der Waals surface area contributed by atoms with Gasteiger partial charge in [0.15, 0.2) is 6.10 Å². The molecule has 2 aromatic rings. The summed E-state index contributed by atoms with van der Waals surface area (Å²) in [6.45, 7) is 4.76. The number of benzene rings is 2. The van der Waals surface area contributed by atoms with Gasteiger partial charge in [0, 0.05) is 12.2 Å². The van der Waals surface area contributed by atoms with Crippen molar-refractivity contribution >= 4 is 11.6 Å². The van der Waals surface area contributed by atoms with E-state index in [9.17, 15) is 4.79 Å². The van der Waals surface area contributed by atoms with Crippen LogP contribution in [0.4, 0.5) is 5.69 Å². The van der Waals surface area contributed by atoms with E-state index >= 15 is 0 Å². The van der Waals surface area contributed by atoms with Crippen LogP contribution in [0.15, 0.2) is 48.5 Å². The van der Waals surface area contributed by atoms with E-state index in [-0.39, 0.29) is 5.91 Å². The van der Waals surface area contributed by atoms with Crippen LogP contribution in [0.3, 0.4) is 0 Å². The SMILES string of the molecule is CC[C@@H](Oc1ccc(C)cc1)C(=O)N1CCc2ccccc21. The van der Waals surface area contributed by atoms with Crippen molar-refractivity contribution in [3.8, 4) is 5.75 Å². The van der Waals surface area contributed by atoms with E-state index in [2.05, 4.69) is 6.07 Å². The number of fused-ring (bicyclic) bond motifs is 1. The Bertz CT molecular complexity index is 663. The van der Waals surface area contributed by atoms with Gasteiger partial charge in [-0.2, -0.15) is 0 Å². The zero-order valence-electron chi connectivity index (χ0n) is 13.1. The van der Waals surface area contributed by atoms with Crippen LogP contribution in [0, 0.1) is 6.92 Å². The molecule has 1 aliphatic heterocycles. The minimum absolute atomic E-state index is 0.0491. The minimum Gasteiger partial charge on any atom is -0.481 e. The third-order valence-electron chi connectivity index (χ3n) is 4.10. The lowest BCUT2D eigenvalue weighted by Gasteiger charge is -2.24. The number of aryl methyl sites for hydroxylation is 1. The van der Waals surface area contributed by atoms with Gasteiger partial charge in [0.1, 0.15) is 5.75 Å². The molecule has 1 atom stereocenters. The van der Waals surface area contributed by atoms with E-state index in [1.807, 2.05) is 61.2 Å². The standard InChI is InChI=1S/C19H21NO2/c1-3-18(22-16-10-8-14(2)9-11-16)19(21)20-13-12-15-6-4-5-7-17(15)20/h4-11,18H,3,12-13H2,1-2H3/t18-/m1/s1. The van der Waals surface area contributed by atoms with Crippen LogP contribution in [-0.2, 0) is 11.2 Å². The summed E-state index contributed by atoms with van der Waals surface area (Å²) in [5.41, 5.74) is 3.44. The molecule has 0 saturated carbocycles. The number of amides is 1. The summed E-state index contributed by atoms with van der Waals surface area (Å²) in [6.07, 6.45) is 1.14. The monoisotopic (exact) mass is 295 g/mol. The molecular formula is C19H21NO2. The average molecular weight is 295 g/mol. The number of ether oxygens (including phenoxy) is 1. The molecule has 114 valence electrons. The zero-order chi connectivity index (χ0) is 15.5. The average Bonchev–Trinajstić information content (AvgIpc) is 2.98. The van der Waals surface area contributed by atoms with Crippen molar-refractivity contribution < 1.29 is 9.53 Å². The molecule has 3 rings (SSSR count). The van der Waals surface area contributed by atoms with Crippen molar-refractivity contribution in [2.45, 2.75) is 32.8 Å². The van der Waals surface area contributed by atoms with E-state index in [1.165, 1.54) is 11.1 Å². The van der Waals surface area contributed by atoms with E-state index in [4.69, 9.17) is 4.74 Å². The Hall–Kier alpha value is -2.29. The number of carbonyl (C=O) groups is 1. The molecule has 0 fully saturated rings. The number of para-hydroxylation sites is 1. The molecule has 2 aromatic carbocycles. The summed E-state index contributed by atoms with van der Waals surface area (Å²) in [5, 5.41) is 0. The highest BCUT2D eigenvalue weighted by atomic mass is 16.5. The van der Waals surface area contributed by atoms with Crippen molar-refractivity contribution in [3.05, 3.63) is 59.7 Å². The summed E-state index contributed by atoms with van der Waals surface area (Å²) in [7, 11) is 0. The van der Waals surface area contributed by atoms with Gasteiger partial charge in [-0.15, -0.1) is 0 Å². The van der Waals surface area contributed by atoms with Crippen molar-refractivity contribution in [2.24, 2.45) is 0 Å². The first-order valence-corrected chi connectivity index (χ1v) is 7.81. The Labute approximate surface area is 131 Å². The fourth-order valence-corrected chi connectivity index (χ4v) is 2.83. The zero-order valence-corrected chi connectivity index (χ0v) is 13.1. The summed E-state index contributed by atoms with van der Waals surface area (Å²) in [4.78, 5) is 14.7. The van der Waals surface area contributed by atoms with Gasteiger partial charge in [-0.1, -0.05) is 42.8 Å². The van der Waals surface area contributed by atoms with Gasteiger partial charge < -0.3 is 9.64 Å². The molecule has 0 aliphatic carbocycles. The van der Waals surface area contributed by atoms with Crippen LogP contribution in [0.5, 0.6) is 5.75 Å². The van der Waals surface area contributed by atoms with Crippen molar-refractivity contribution in [1.29, 1.82) is 0 Å². The molecule has 0 aromatic heterocycles. The highest BCUT2D eigenvalue weighted by molar-refractivity contribution is 5.98. The lowest BCUT2D eigenvalue weighted by molar-refractivity contribution is -0.125. The quantitative estimate of drug-likeness (QED) is 0.860. The molecule has 0 bridgehead atoms. The number of hydrogen-bond acceptors (Lipinski definition) is 2. The highest BCUT2D eigenvalue weighted by Crippen LogP contribution is 2.29. The van der Waals surface area contributed by atoms with Crippen LogP contribution in [0.25, 0.3) is 0 Å². The predicted octanol–water partition coefficient (Wildman–Crippen LogP) is 3.74. The molecule has 0 spiro atoms. The lowest BCUT2D eigenvalue weighted by Crippen LogP contribution is -2.41. The molecule has 0 N–H and O–H groups in total. The summed E-state index contributed by atoms with van der Waals surface area (Å²) in [6, 6.07) is 15.9. The van der Waals surface area contributed by atoms with Crippen LogP contribution >= 0.6 is 0 Å². The smallest absolute Gasteiger partial charge is 0.268 e. The minimum atomic E-state index is -0.436. The second kappa shape index (κ2) is 6.22. The van der Waals surface area contributed by atoms with Gasteiger partial charge in [-0.05, 0) is 43.5 Å². The molecule has 0 unspecified atom stereocenters. The number of carbonyl (C=O) groups excluding carboxylic acids is 1. The van der Waals surface area contributed by atoms with E-state index < -0.39 is 6.10 Å². The second-order valence-corrected chi connectivity index (χ2v) is 5.70. The summed E-state index contributed by atoms with van der Waals surface area (Å²) in [5.74, 6) is 0.798. The van der Waals surface area contributed by atoms with Crippen LogP contribution in [0.1, 0.15) is 24.5 Å². The lowest BCUT2D eigenvalue weighted by atomic mass is 10.1. The normalized spacial score (nSPS) is 14.5. The van der Waals surface area contributed by atoms with Crippen molar-refractivity contribution in [1.82, 2.24) is 0 Å². The number of anilines is 1. The van der Waals surface area contributed by atoms with Gasteiger partial charge in [0.2, 0.25) is 0 Å². The van der Waals surface area contributed by atoms with Gasteiger partial charge in [0.25, 0.3) is 5.91 Å². The van der Waals surface area contributed by atoms with Gasteiger partial charge >= 0.3 is 0 Å². The molecule has 1 heterocycles. The van der Waals surface area contributed by atoms with Crippen molar-refractivity contribution in [3.63, 3.8) is 0 Å². The second-order valence-electron chi connectivity index (χ2n) is 5.70. The van der Waals surface area contributed by atoms with Gasteiger partial charge in [-0.3, -0.25) is 4.79 Å². The molecular weight excluding hydrogens is 274 g/mol. The number of hydrogen-bond donors (Lipinski definition) is 0. The van der Waals surface area contributed by atoms with Crippen molar-refractivity contribution in [2.75, 3.05) is 11.4 Å². The van der Waals surface area contributed by atoms with Gasteiger partial charge in [-0.25, -0.2) is 0 Å². The molecule has 1 aliphatic rings. The molecule has 0 radical (unpaired) electrons. The van der Waals surface area contributed by atoms with E-state index in [1.54, 1.807) is 0 Å². The molecule has 3 heteroatoms. The van der Waals surface area contributed by atoms with E-state index in [0.717, 1.165) is 24.4 Å². The first-order chi connectivity index (χ1) is 10.7. The maximum Gasteiger partial charge on any atom is 0.268 e. The summed E-state index contributed by atoms with van der Waals surface area (Å²) >= 11 is 0. The van der Waals surface area contributed by atoms with Gasteiger partial charge in [0.05, 0.1) is 0 Å². The molecule has 0 saturated heterocycles. The summed E-state index contributed by atoms with van der Waals surface area (Å²) < 4.78 is 5.92. The molecule has 1 amide bonds. The Morgan fingerprint density at radius 2 is 1.91 bits per heavy atom. The maximum absolute atomic E-state index is 12.8. The number of rotatable bonds is 4. The third-order valence-corrected chi connectivity index (χ3v) is 4.10. The van der Waals surface area contributed by atoms with E-state index in [0.29, 0.717) is 6.42 Å². The van der Waals surface area contributed by atoms with Crippen LogP contribution < -0.4 is 9.64 Å². The molecule has 3 nitrogen and oxygen atoms in total. The molecule has 22 heavy (non-hydrogen) atoms. The fourth-order valence-electron chi connectivity index (χ4n) is 2.83. The Morgan fingerprint density at radius 1 is 1.18 bits per heavy atom. The maximum atomic E-state index is 12.8. The fraction of sp³-hybridized carbons (Fsp3) is 0.316. The first-order valence-electron chi connectivity index (χ1n) is 7.81. The third kappa shape index (κ3) is 2.84. The van der Waals surface area contributed by atoms with Crippen LogP contribution in [0.2, 0.25) is 0 Å².